The van der Waals surface area contributed by atoms with E-state index < -0.39 is 42.3 Å². The van der Waals surface area contributed by atoms with Crippen molar-refractivity contribution in [3.05, 3.63) is 0 Å². The number of esters is 3. The zero-order valence-corrected chi connectivity index (χ0v) is 16.3. The Morgan fingerprint density at radius 3 is 0.974 bits per heavy atom. The lowest BCUT2D eigenvalue weighted by atomic mass is 10.2. The summed E-state index contributed by atoms with van der Waals surface area (Å²) in [6, 6.07) is 0. The summed E-state index contributed by atoms with van der Waals surface area (Å²) in [6.07, 6.45) is -3.05. The minimum absolute atomic E-state index is 0. The molecule has 3 atom stereocenters. The summed E-state index contributed by atoms with van der Waals surface area (Å²) in [6.45, 7) is 4.42. The average molecular weight is 569 g/mol. The van der Waals surface area contributed by atoms with Crippen molar-refractivity contribution in [3.8, 4) is 0 Å². The highest BCUT2D eigenvalue weighted by Gasteiger charge is 2.22. The van der Waals surface area contributed by atoms with Crippen LogP contribution in [0.4, 0.5) is 0 Å². The predicted molar refractivity (Wildman–Crippen MR) is 169 cm³/mol. The van der Waals surface area contributed by atoms with Crippen LogP contribution in [0.2, 0.25) is 0 Å². The molecule has 0 fully saturated rings. The monoisotopic (exact) mass is 569 g/mol. The summed E-state index contributed by atoms with van der Waals surface area (Å²) in [4.78, 5) is 35.1. The lowest BCUT2D eigenvalue weighted by Crippen LogP contribution is -2.32. The van der Waals surface area contributed by atoms with E-state index in [4.69, 9.17) is 14.2 Å². The number of aliphatic hydroxyl groups is 3. The lowest BCUT2D eigenvalue weighted by Gasteiger charge is -2.19. The number of ether oxygens (including phenoxy) is 3. The molecule has 0 radical (unpaired) electrons. The standard InChI is InChI=1S/C18H32O9.11CH4/c1-4-12(19)7-16(22)25-10-15(27-18(24)9-14(21)6-3)11-26-17(23)8-13(20)5-2;;;;;;;;;;;/h12-15,19-21H,4-11H2,1-3H3;11*1H4. The van der Waals surface area contributed by atoms with Gasteiger partial charge >= 0.3 is 17.9 Å². The second-order valence-electron chi connectivity index (χ2n) is 6.28. The zero-order chi connectivity index (χ0) is 20.8. The molecule has 0 saturated carbocycles. The summed E-state index contributed by atoms with van der Waals surface area (Å²) in [5.41, 5.74) is 0. The maximum Gasteiger partial charge on any atom is 0.308 e. The van der Waals surface area contributed by atoms with Gasteiger partial charge in [-0.15, -0.1) is 0 Å². The van der Waals surface area contributed by atoms with Crippen molar-refractivity contribution in [2.24, 2.45) is 0 Å². The first-order valence-electron chi connectivity index (χ1n) is 9.26. The van der Waals surface area contributed by atoms with Crippen LogP contribution in [-0.4, -0.2) is 70.9 Å². The molecule has 0 aliphatic rings. The highest BCUT2D eigenvalue weighted by Crippen LogP contribution is 2.07. The van der Waals surface area contributed by atoms with Crippen LogP contribution in [-0.2, 0) is 28.6 Å². The molecular weight excluding hydrogens is 492 g/mol. The van der Waals surface area contributed by atoms with Crippen molar-refractivity contribution in [2.45, 2.75) is 165 Å². The Bertz CT molecular complexity index is 429. The Morgan fingerprint density at radius 1 is 0.500 bits per heavy atom. The maximum atomic E-state index is 11.8. The molecule has 0 aromatic carbocycles. The van der Waals surface area contributed by atoms with Gasteiger partial charge in [0.2, 0.25) is 0 Å². The van der Waals surface area contributed by atoms with Crippen LogP contribution >= 0.6 is 0 Å². The molecule has 9 nitrogen and oxygen atoms in total. The van der Waals surface area contributed by atoms with Gasteiger partial charge in [0, 0.05) is 0 Å². The fourth-order valence-electron chi connectivity index (χ4n) is 1.85. The van der Waals surface area contributed by atoms with E-state index in [1.54, 1.807) is 20.8 Å². The fraction of sp³-hybridized carbons (Fsp3) is 0.897. The molecule has 0 aromatic heterocycles. The van der Waals surface area contributed by atoms with Gasteiger partial charge in [-0.3, -0.25) is 14.4 Å². The van der Waals surface area contributed by atoms with E-state index in [1.165, 1.54) is 0 Å². The van der Waals surface area contributed by atoms with Crippen molar-refractivity contribution < 1.29 is 43.9 Å². The van der Waals surface area contributed by atoms with Gasteiger partial charge in [-0.1, -0.05) is 102 Å². The average Bonchev–Trinajstić information content (AvgIpc) is 2.63. The first-order chi connectivity index (χ1) is 12.7. The minimum Gasteiger partial charge on any atom is -0.462 e. The van der Waals surface area contributed by atoms with Gasteiger partial charge in [0.15, 0.2) is 6.10 Å². The predicted octanol–water partition coefficient (Wildman–Crippen LogP) is 7.46. The number of hydrogen-bond donors (Lipinski definition) is 3. The number of carbonyl (C=O) groups excluding carboxylic acids is 3. The van der Waals surface area contributed by atoms with Crippen LogP contribution in [0.3, 0.4) is 0 Å². The first-order valence-corrected chi connectivity index (χ1v) is 9.26. The third kappa shape index (κ3) is 41.4. The molecule has 3 unspecified atom stereocenters. The highest BCUT2D eigenvalue weighted by atomic mass is 16.6. The molecule has 0 spiro atoms. The Labute approximate surface area is 240 Å². The third-order valence-electron chi connectivity index (χ3n) is 3.78. The molecule has 9 heteroatoms. The SMILES string of the molecule is C.C.C.C.C.C.C.C.C.C.C.CCC(O)CC(=O)OCC(COC(=O)CC(O)CC)OC(=O)CC(O)CC. The van der Waals surface area contributed by atoms with Crippen LogP contribution in [0.1, 0.15) is 141 Å². The van der Waals surface area contributed by atoms with Gasteiger partial charge in [0.05, 0.1) is 37.6 Å². The van der Waals surface area contributed by atoms with E-state index in [0.29, 0.717) is 19.3 Å². The summed E-state index contributed by atoms with van der Waals surface area (Å²) in [7, 11) is 0. The van der Waals surface area contributed by atoms with Gasteiger partial charge in [0.1, 0.15) is 13.2 Å². The Morgan fingerprint density at radius 2 is 0.737 bits per heavy atom. The second-order valence-corrected chi connectivity index (χ2v) is 6.28. The third-order valence-corrected chi connectivity index (χ3v) is 3.78. The minimum atomic E-state index is -1.05. The summed E-state index contributed by atoms with van der Waals surface area (Å²) in [5.74, 6) is -2.07. The van der Waals surface area contributed by atoms with E-state index in [-0.39, 0.29) is 114 Å². The second kappa shape index (κ2) is 45.2. The van der Waals surface area contributed by atoms with E-state index in [0.717, 1.165) is 0 Å². The van der Waals surface area contributed by atoms with Gasteiger partial charge in [0.25, 0.3) is 0 Å². The molecule has 3 N–H and O–H groups in total. The van der Waals surface area contributed by atoms with Crippen molar-refractivity contribution >= 4 is 17.9 Å². The van der Waals surface area contributed by atoms with Crippen LogP contribution < -0.4 is 0 Å². The van der Waals surface area contributed by atoms with Crippen molar-refractivity contribution in [2.75, 3.05) is 13.2 Å². The van der Waals surface area contributed by atoms with Gasteiger partial charge < -0.3 is 29.5 Å². The maximum absolute atomic E-state index is 11.8. The van der Waals surface area contributed by atoms with Crippen molar-refractivity contribution in [3.63, 3.8) is 0 Å². The molecule has 0 aliphatic carbocycles. The van der Waals surface area contributed by atoms with Crippen LogP contribution in [0.25, 0.3) is 0 Å². The number of aliphatic hydroxyl groups excluding tert-OH is 3. The Kier molecular flexibility index (Phi) is 91.2. The summed E-state index contributed by atoms with van der Waals surface area (Å²) < 4.78 is 15.0. The summed E-state index contributed by atoms with van der Waals surface area (Å²) >= 11 is 0. The molecule has 0 aromatic rings. The topological polar surface area (TPSA) is 140 Å². The van der Waals surface area contributed by atoms with E-state index in [9.17, 15) is 29.7 Å². The first kappa shape index (κ1) is 76.6. The molecule has 246 valence electrons. The highest BCUT2D eigenvalue weighted by molar-refractivity contribution is 5.71. The van der Waals surface area contributed by atoms with Gasteiger partial charge in [-0.05, 0) is 19.3 Å². The smallest absolute Gasteiger partial charge is 0.308 e. The zero-order valence-electron chi connectivity index (χ0n) is 16.3. The Balaban J connectivity index is -0.0000000615. The number of rotatable bonds is 14. The fourth-order valence-corrected chi connectivity index (χ4v) is 1.85. The van der Waals surface area contributed by atoms with Gasteiger partial charge in [-0.25, -0.2) is 0 Å². The quantitative estimate of drug-likeness (QED) is 0.144. The largest absolute Gasteiger partial charge is 0.462 e. The normalized spacial score (nSPS) is 10.9. The van der Waals surface area contributed by atoms with Gasteiger partial charge in [-0.2, -0.15) is 0 Å². The molecule has 0 heterocycles. The van der Waals surface area contributed by atoms with Crippen molar-refractivity contribution in [1.29, 1.82) is 0 Å². The van der Waals surface area contributed by atoms with Crippen LogP contribution in [0.15, 0.2) is 0 Å². The van der Waals surface area contributed by atoms with Crippen molar-refractivity contribution in [1.82, 2.24) is 0 Å². The molecule has 0 saturated heterocycles. The molecule has 0 bridgehead atoms. The summed E-state index contributed by atoms with van der Waals surface area (Å²) in [5, 5.41) is 28.4. The molecule has 0 rings (SSSR count). The molecule has 38 heavy (non-hydrogen) atoms. The molecule has 0 aliphatic heterocycles. The van der Waals surface area contributed by atoms with E-state index in [1.807, 2.05) is 0 Å². The van der Waals surface area contributed by atoms with Crippen LogP contribution in [0.5, 0.6) is 0 Å². The Hall–Kier alpha value is -1.71. The van der Waals surface area contributed by atoms with E-state index >= 15 is 0 Å². The molecule has 0 amide bonds. The molecular formula is C29H76O9. The number of hydrogen-bond acceptors (Lipinski definition) is 9. The van der Waals surface area contributed by atoms with E-state index in [2.05, 4.69) is 0 Å². The number of carbonyl (C=O) groups is 3. The van der Waals surface area contributed by atoms with Crippen LogP contribution in [0, 0.1) is 0 Å². The lowest BCUT2D eigenvalue weighted by molar-refractivity contribution is -0.169.